The van der Waals surface area contributed by atoms with Crippen molar-refractivity contribution in [3.63, 3.8) is 0 Å². The van der Waals surface area contributed by atoms with E-state index in [0.29, 0.717) is 28.1 Å². The first-order chi connectivity index (χ1) is 16.9. The number of benzene rings is 2. The lowest BCUT2D eigenvalue weighted by Gasteiger charge is -2.21. The summed E-state index contributed by atoms with van der Waals surface area (Å²) in [5, 5.41) is 17.0. The van der Waals surface area contributed by atoms with Crippen LogP contribution in [0.3, 0.4) is 0 Å². The summed E-state index contributed by atoms with van der Waals surface area (Å²) in [4.78, 5) is 34.5. The second kappa shape index (κ2) is 11.2. The number of nitrogens with zero attached hydrogens (tertiary/aromatic N) is 4. The largest absolute Gasteiger partial charge is 0.395 e. The molecular formula is C22H17Cl3N6O3S. The lowest BCUT2D eigenvalue weighted by Crippen LogP contribution is -2.30. The number of hydrogen-bond acceptors (Lipinski definition) is 8. The average molecular weight is 552 g/mol. The van der Waals surface area contributed by atoms with E-state index in [1.54, 1.807) is 36.5 Å². The lowest BCUT2D eigenvalue weighted by atomic mass is 10.0. The van der Waals surface area contributed by atoms with Crippen LogP contribution in [-0.4, -0.2) is 43.0 Å². The van der Waals surface area contributed by atoms with E-state index in [2.05, 4.69) is 25.4 Å². The van der Waals surface area contributed by atoms with Gasteiger partial charge in [-0.3, -0.25) is 9.78 Å². The predicted octanol–water partition coefficient (Wildman–Crippen LogP) is 3.96. The number of thioether (sulfide) groups is 1. The molecule has 2 aromatic carbocycles. The molecule has 13 heteroatoms. The van der Waals surface area contributed by atoms with E-state index < -0.39 is 16.5 Å². The molecule has 0 aliphatic heterocycles. The first-order valence-corrected chi connectivity index (χ1v) is 12.1. The zero-order valence-corrected chi connectivity index (χ0v) is 20.9. The fourth-order valence-electron chi connectivity index (χ4n) is 3.20. The summed E-state index contributed by atoms with van der Waals surface area (Å²) >= 11 is 20.8. The summed E-state index contributed by atoms with van der Waals surface area (Å²) < 4.78 is 0.993. The molecule has 0 bridgehead atoms. The number of rotatable bonds is 8. The minimum absolute atomic E-state index is 0.0370. The van der Waals surface area contributed by atoms with Gasteiger partial charge >= 0.3 is 5.69 Å². The van der Waals surface area contributed by atoms with E-state index in [-0.39, 0.29) is 22.3 Å². The van der Waals surface area contributed by atoms with Crippen LogP contribution in [0.4, 0.5) is 5.82 Å². The third-order valence-corrected chi connectivity index (χ3v) is 6.76. The molecule has 1 atom stereocenters. The molecule has 2 heterocycles. The number of nitrogens with one attached hydrogen (secondary N) is 2. The summed E-state index contributed by atoms with van der Waals surface area (Å²) in [5.74, 6) is 0.558. The molecule has 0 aliphatic carbocycles. The molecular weight excluding hydrogens is 535 g/mol. The zero-order chi connectivity index (χ0) is 24.9. The van der Waals surface area contributed by atoms with Gasteiger partial charge in [0.15, 0.2) is 5.16 Å². The van der Waals surface area contributed by atoms with Crippen molar-refractivity contribution in [2.24, 2.45) is 0 Å². The van der Waals surface area contributed by atoms with Crippen LogP contribution in [0.5, 0.6) is 0 Å². The summed E-state index contributed by atoms with van der Waals surface area (Å²) in [6.45, 7) is 0.309. The molecule has 35 heavy (non-hydrogen) atoms. The Morgan fingerprint density at radius 1 is 1.09 bits per heavy atom. The van der Waals surface area contributed by atoms with Crippen LogP contribution in [0.1, 0.15) is 16.4 Å². The van der Waals surface area contributed by atoms with Crippen LogP contribution in [0.15, 0.2) is 69.6 Å². The first-order valence-electron chi connectivity index (χ1n) is 10.1. The van der Waals surface area contributed by atoms with Gasteiger partial charge in [-0.2, -0.15) is 9.78 Å². The summed E-state index contributed by atoms with van der Waals surface area (Å²) in [5.41, 5.74) is 0.361. The summed E-state index contributed by atoms with van der Waals surface area (Å²) in [6, 6.07) is 12.0. The third-order valence-electron chi connectivity index (χ3n) is 4.73. The quantitative estimate of drug-likeness (QED) is 0.222. The lowest BCUT2D eigenvalue weighted by molar-refractivity contribution is 0.311. The van der Waals surface area contributed by atoms with Crippen molar-refractivity contribution in [1.82, 2.24) is 24.7 Å². The van der Waals surface area contributed by atoms with E-state index in [1.807, 2.05) is 12.1 Å². The van der Waals surface area contributed by atoms with Crippen molar-refractivity contribution < 1.29 is 5.11 Å². The van der Waals surface area contributed by atoms with Gasteiger partial charge in [0.1, 0.15) is 12.0 Å². The molecule has 1 unspecified atom stereocenters. The van der Waals surface area contributed by atoms with Crippen molar-refractivity contribution in [2.45, 2.75) is 10.4 Å². The van der Waals surface area contributed by atoms with Crippen LogP contribution in [-0.2, 0) is 0 Å². The van der Waals surface area contributed by atoms with E-state index in [1.165, 1.54) is 11.8 Å². The molecule has 0 spiro atoms. The maximum atomic E-state index is 12.2. The number of anilines is 1. The molecule has 0 saturated carbocycles. The highest BCUT2D eigenvalue weighted by Gasteiger charge is 2.24. The van der Waals surface area contributed by atoms with Crippen LogP contribution in [0.2, 0.25) is 15.1 Å². The summed E-state index contributed by atoms with van der Waals surface area (Å²) in [7, 11) is 0. The Hall–Kier alpha value is -2.89. The second-order valence-electron chi connectivity index (χ2n) is 7.10. The molecule has 0 radical (unpaired) electrons. The SMILES string of the molecule is O=c1cnn(-c2cc(Cl)c(C(Sc3nccc(NCCO)n3)c3ccc(Cl)cc3)c(Cl)c2)c(=O)[nH]1. The minimum Gasteiger partial charge on any atom is -0.395 e. The highest BCUT2D eigenvalue weighted by atomic mass is 35.5. The maximum absolute atomic E-state index is 12.2. The average Bonchev–Trinajstić information content (AvgIpc) is 2.82. The van der Waals surface area contributed by atoms with Gasteiger partial charge in [-0.1, -0.05) is 58.7 Å². The number of halogens is 3. The number of hydrogen-bond donors (Lipinski definition) is 3. The molecule has 0 aliphatic rings. The predicted molar refractivity (Wildman–Crippen MR) is 137 cm³/mol. The molecule has 0 saturated heterocycles. The normalized spacial score (nSPS) is 11.9. The van der Waals surface area contributed by atoms with Crippen LogP contribution in [0, 0.1) is 0 Å². The third kappa shape index (κ3) is 6.03. The van der Waals surface area contributed by atoms with Gasteiger partial charge in [0, 0.05) is 33.4 Å². The number of aliphatic hydroxyl groups excluding tert-OH is 1. The van der Waals surface area contributed by atoms with Crippen molar-refractivity contribution in [2.75, 3.05) is 18.5 Å². The Bertz CT molecular complexity index is 1440. The highest BCUT2D eigenvalue weighted by Crippen LogP contribution is 2.46. The van der Waals surface area contributed by atoms with Crippen LogP contribution >= 0.6 is 46.6 Å². The summed E-state index contributed by atoms with van der Waals surface area (Å²) in [6.07, 6.45) is 2.59. The van der Waals surface area contributed by atoms with E-state index in [4.69, 9.17) is 39.9 Å². The Kier molecular flexibility index (Phi) is 8.09. The van der Waals surface area contributed by atoms with Gasteiger partial charge in [0.05, 0.1) is 17.5 Å². The maximum Gasteiger partial charge on any atom is 0.349 e. The fourth-order valence-corrected chi connectivity index (χ4v) is 5.30. The number of aromatic nitrogens is 5. The fraction of sp³-hybridized carbons (Fsp3) is 0.136. The monoisotopic (exact) mass is 550 g/mol. The Morgan fingerprint density at radius 3 is 2.46 bits per heavy atom. The zero-order valence-electron chi connectivity index (χ0n) is 17.8. The van der Waals surface area contributed by atoms with E-state index in [0.717, 1.165) is 16.4 Å². The van der Waals surface area contributed by atoms with Crippen molar-refractivity contribution in [3.8, 4) is 5.69 Å². The van der Waals surface area contributed by atoms with Gasteiger partial charge in [-0.15, -0.1) is 0 Å². The van der Waals surface area contributed by atoms with Gasteiger partial charge in [-0.25, -0.2) is 14.8 Å². The standard InChI is InChI=1S/C22H17Cl3N6O3S/c23-13-3-1-12(2-4-13)20(35-21-27-6-5-17(29-21)26-7-8-32)19-15(24)9-14(10-16(19)25)31-22(34)30-18(33)11-28-31/h1-6,9-11,20,32H,7-8H2,(H,26,27,29)(H,30,33,34). The van der Waals surface area contributed by atoms with Gasteiger partial charge in [-0.05, 0) is 35.9 Å². The molecule has 9 nitrogen and oxygen atoms in total. The van der Waals surface area contributed by atoms with E-state index in [9.17, 15) is 9.59 Å². The van der Waals surface area contributed by atoms with E-state index >= 15 is 0 Å². The van der Waals surface area contributed by atoms with Gasteiger partial charge in [0.2, 0.25) is 0 Å². The number of H-pyrrole nitrogens is 1. The Morgan fingerprint density at radius 2 is 1.80 bits per heavy atom. The highest BCUT2D eigenvalue weighted by molar-refractivity contribution is 7.99. The van der Waals surface area contributed by atoms with Crippen LogP contribution < -0.4 is 16.6 Å². The molecule has 180 valence electrons. The molecule has 3 N–H and O–H groups in total. The topological polar surface area (TPSA) is 126 Å². The van der Waals surface area contributed by atoms with Gasteiger partial charge in [0.25, 0.3) is 5.56 Å². The Labute approximate surface area is 218 Å². The molecule has 4 aromatic rings. The Balaban J connectivity index is 1.78. The van der Waals surface area contributed by atoms with Crippen molar-refractivity contribution in [1.29, 1.82) is 0 Å². The molecule has 2 aromatic heterocycles. The van der Waals surface area contributed by atoms with Crippen LogP contribution in [0.25, 0.3) is 5.69 Å². The number of aromatic amines is 1. The smallest absolute Gasteiger partial charge is 0.349 e. The van der Waals surface area contributed by atoms with Gasteiger partial charge < -0.3 is 10.4 Å². The van der Waals surface area contributed by atoms with Crippen molar-refractivity contribution in [3.05, 3.63) is 102 Å². The van der Waals surface area contributed by atoms with Crippen molar-refractivity contribution >= 4 is 52.4 Å². The molecule has 4 rings (SSSR count). The second-order valence-corrected chi connectivity index (χ2v) is 9.42. The first kappa shape index (κ1) is 25.2. The molecule has 0 amide bonds. The minimum atomic E-state index is -0.721. The number of aliphatic hydroxyl groups is 1. The molecule has 0 fully saturated rings.